The predicted octanol–water partition coefficient (Wildman–Crippen LogP) is 5.60. The smallest absolute Gasteiger partial charge is 0.176 e. The zero-order chi connectivity index (χ0) is 20.8. The van der Waals surface area contributed by atoms with Crippen LogP contribution in [0.5, 0.6) is 28.7 Å². The van der Waals surface area contributed by atoms with Crippen molar-refractivity contribution in [2.45, 2.75) is 25.7 Å². The van der Waals surface area contributed by atoms with E-state index in [1.165, 1.54) is 38.8 Å². The summed E-state index contributed by atoms with van der Waals surface area (Å²) in [6.07, 6.45) is 5.27. The molecule has 1 N–H and O–H groups in total. The van der Waals surface area contributed by atoms with Crippen molar-refractivity contribution in [1.82, 2.24) is 4.90 Å². The number of hydrogen-bond donors (Lipinski definition) is 1. The van der Waals surface area contributed by atoms with Gasteiger partial charge in [0.1, 0.15) is 23.9 Å². The molecule has 1 saturated heterocycles. The minimum Gasteiger partial charge on any atom is -0.504 e. The highest BCUT2D eigenvalue weighted by molar-refractivity contribution is 5.91. The number of phenolic OH excluding ortho intramolecular Hbond substituents is 1. The van der Waals surface area contributed by atoms with Crippen molar-refractivity contribution in [2.24, 2.45) is 0 Å². The van der Waals surface area contributed by atoms with Gasteiger partial charge in [-0.25, -0.2) is 0 Å². The van der Waals surface area contributed by atoms with Crippen LogP contribution in [-0.2, 0) is 0 Å². The summed E-state index contributed by atoms with van der Waals surface area (Å²) in [5.74, 6) is 2.77. The van der Waals surface area contributed by atoms with Gasteiger partial charge in [0.25, 0.3) is 0 Å². The Bertz CT molecular complexity index is 963. The van der Waals surface area contributed by atoms with Gasteiger partial charge in [0.05, 0.1) is 7.11 Å². The molecule has 5 nitrogen and oxygen atoms in total. The molecule has 3 aromatic rings. The number of likely N-dealkylation sites (tertiary alicyclic amines) is 1. The van der Waals surface area contributed by atoms with Crippen LogP contribution in [0.1, 0.15) is 25.7 Å². The van der Waals surface area contributed by atoms with Crippen LogP contribution < -0.4 is 14.2 Å². The fourth-order valence-electron chi connectivity index (χ4n) is 3.88. The largest absolute Gasteiger partial charge is 0.504 e. The molecule has 1 aliphatic rings. The van der Waals surface area contributed by atoms with E-state index in [-0.39, 0.29) is 5.75 Å². The molecule has 5 heteroatoms. The van der Waals surface area contributed by atoms with Crippen LogP contribution in [0.25, 0.3) is 10.8 Å². The van der Waals surface area contributed by atoms with Crippen LogP contribution in [0.3, 0.4) is 0 Å². The monoisotopic (exact) mass is 407 g/mol. The van der Waals surface area contributed by atoms with E-state index < -0.39 is 0 Å². The number of fused-ring (bicyclic) bond motifs is 1. The normalized spacial score (nSPS) is 15.0. The third kappa shape index (κ3) is 4.97. The lowest BCUT2D eigenvalue weighted by atomic mass is 10.1. The van der Waals surface area contributed by atoms with Crippen LogP contribution in [0, 0.1) is 0 Å². The van der Waals surface area contributed by atoms with Gasteiger partial charge in [0.15, 0.2) is 11.5 Å². The van der Waals surface area contributed by atoms with Crippen LogP contribution >= 0.6 is 0 Å². The van der Waals surface area contributed by atoms with E-state index >= 15 is 0 Å². The van der Waals surface area contributed by atoms with Gasteiger partial charge in [-0.3, -0.25) is 4.90 Å². The number of methoxy groups -OCH3 is 1. The molecule has 0 radical (unpaired) electrons. The van der Waals surface area contributed by atoms with Crippen molar-refractivity contribution in [3.05, 3.63) is 54.6 Å². The Morgan fingerprint density at radius 2 is 1.53 bits per heavy atom. The Labute approximate surface area is 177 Å². The summed E-state index contributed by atoms with van der Waals surface area (Å²) in [4.78, 5) is 2.49. The summed E-state index contributed by atoms with van der Waals surface area (Å²) in [5, 5.41) is 12.1. The Kier molecular flexibility index (Phi) is 6.60. The molecule has 4 rings (SSSR count). The number of benzene rings is 3. The average Bonchev–Trinajstić information content (AvgIpc) is 3.05. The Morgan fingerprint density at radius 3 is 2.27 bits per heavy atom. The molecule has 0 bridgehead atoms. The van der Waals surface area contributed by atoms with E-state index in [0.29, 0.717) is 18.1 Å². The number of ether oxygens (including phenoxy) is 3. The fraction of sp³-hybridized carbons (Fsp3) is 0.360. The number of rotatable bonds is 7. The first-order valence-electron chi connectivity index (χ1n) is 10.7. The summed E-state index contributed by atoms with van der Waals surface area (Å²) < 4.78 is 17.2. The van der Waals surface area contributed by atoms with E-state index in [9.17, 15) is 5.11 Å². The van der Waals surface area contributed by atoms with Crippen molar-refractivity contribution in [2.75, 3.05) is 33.4 Å². The highest BCUT2D eigenvalue weighted by atomic mass is 16.5. The van der Waals surface area contributed by atoms with Gasteiger partial charge >= 0.3 is 0 Å². The summed E-state index contributed by atoms with van der Waals surface area (Å²) in [6, 6.07) is 16.7. The summed E-state index contributed by atoms with van der Waals surface area (Å²) >= 11 is 0. The third-order valence-electron chi connectivity index (χ3n) is 5.58. The highest BCUT2D eigenvalue weighted by Crippen LogP contribution is 2.39. The Balaban J connectivity index is 1.39. The fourth-order valence-corrected chi connectivity index (χ4v) is 3.88. The molecular weight excluding hydrogens is 378 g/mol. The van der Waals surface area contributed by atoms with Gasteiger partial charge in [0, 0.05) is 11.9 Å². The molecule has 158 valence electrons. The van der Waals surface area contributed by atoms with Crippen molar-refractivity contribution >= 4 is 10.8 Å². The molecule has 0 saturated carbocycles. The van der Waals surface area contributed by atoms with Crippen LogP contribution in [0.4, 0.5) is 0 Å². The topological polar surface area (TPSA) is 51.2 Å². The molecule has 1 fully saturated rings. The first-order chi connectivity index (χ1) is 14.7. The lowest BCUT2D eigenvalue weighted by Gasteiger charge is -2.19. The molecule has 30 heavy (non-hydrogen) atoms. The van der Waals surface area contributed by atoms with Crippen molar-refractivity contribution in [3.8, 4) is 28.7 Å². The van der Waals surface area contributed by atoms with Crippen LogP contribution in [-0.4, -0.2) is 43.4 Å². The first-order valence-corrected chi connectivity index (χ1v) is 10.7. The van der Waals surface area contributed by atoms with E-state index in [2.05, 4.69) is 4.90 Å². The van der Waals surface area contributed by atoms with Crippen LogP contribution in [0.15, 0.2) is 54.6 Å². The third-order valence-corrected chi connectivity index (χ3v) is 5.58. The maximum absolute atomic E-state index is 10.3. The molecule has 0 amide bonds. The average molecular weight is 408 g/mol. The highest BCUT2D eigenvalue weighted by Gasteiger charge is 2.11. The van der Waals surface area contributed by atoms with E-state index in [1.54, 1.807) is 13.2 Å². The maximum atomic E-state index is 10.3. The van der Waals surface area contributed by atoms with Crippen molar-refractivity contribution in [1.29, 1.82) is 0 Å². The van der Waals surface area contributed by atoms with Crippen molar-refractivity contribution in [3.63, 3.8) is 0 Å². The van der Waals surface area contributed by atoms with Gasteiger partial charge < -0.3 is 19.3 Å². The molecule has 0 spiro atoms. The quantitative estimate of drug-likeness (QED) is 0.552. The second-order valence-corrected chi connectivity index (χ2v) is 7.68. The van der Waals surface area contributed by atoms with Gasteiger partial charge in [-0.05, 0) is 79.8 Å². The predicted molar refractivity (Wildman–Crippen MR) is 119 cm³/mol. The number of aromatic hydroxyl groups is 1. The molecule has 0 atom stereocenters. The van der Waals surface area contributed by atoms with Gasteiger partial charge in [-0.15, -0.1) is 0 Å². The minimum atomic E-state index is 0.102. The Hall–Kier alpha value is -2.92. The first kappa shape index (κ1) is 20.4. The second-order valence-electron chi connectivity index (χ2n) is 7.68. The van der Waals surface area contributed by atoms with E-state index in [0.717, 1.165) is 28.8 Å². The summed E-state index contributed by atoms with van der Waals surface area (Å²) in [7, 11) is 1.64. The lowest BCUT2D eigenvalue weighted by Crippen LogP contribution is -2.29. The molecule has 0 unspecified atom stereocenters. The second kappa shape index (κ2) is 9.72. The minimum absolute atomic E-state index is 0.102. The molecule has 1 heterocycles. The molecule has 3 aromatic carbocycles. The number of nitrogens with zero attached hydrogens (tertiary/aromatic N) is 1. The van der Waals surface area contributed by atoms with E-state index in [4.69, 9.17) is 14.2 Å². The summed E-state index contributed by atoms with van der Waals surface area (Å²) in [6.45, 7) is 4.00. The zero-order valence-electron chi connectivity index (χ0n) is 17.5. The van der Waals surface area contributed by atoms with Crippen molar-refractivity contribution < 1.29 is 19.3 Å². The summed E-state index contributed by atoms with van der Waals surface area (Å²) in [5.41, 5.74) is 0. The van der Waals surface area contributed by atoms with E-state index in [1.807, 2.05) is 48.5 Å². The number of hydrogen-bond acceptors (Lipinski definition) is 5. The van der Waals surface area contributed by atoms with Crippen LogP contribution in [0.2, 0.25) is 0 Å². The molecule has 0 aromatic heterocycles. The SMILES string of the molecule is COc1ccc2c(Oc3ccc(OCCN4CCCCCC4)cc3)c(O)ccc2c1. The number of phenols is 1. The molecule has 1 aliphatic heterocycles. The standard InChI is InChI=1S/C25H29NO4/c1-28-22-11-12-23-19(18-22)6-13-24(27)25(23)30-21-9-7-20(8-10-21)29-17-16-26-14-4-2-3-5-15-26/h6-13,18,27H,2-5,14-17H2,1H3. The molecule has 0 aliphatic carbocycles. The lowest BCUT2D eigenvalue weighted by molar-refractivity contribution is 0.214. The van der Waals surface area contributed by atoms with Gasteiger partial charge in [0.2, 0.25) is 0 Å². The zero-order valence-corrected chi connectivity index (χ0v) is 17.5. The molecular formula is C25H29NO4. The van der Waals surface area contributed by atoms with Gasteiger partial charge in [-0.2, -0.15) is 0 Å². The maximum Gasteiger partial charge on any atom is 0.176 e. The van der Waals surface area contributed by atoms with Gasteiger partial charge in [-0.1, -0.05) is 18.9 Å². The Morgan fingerprint density at radius 1 is 0.833 bits per heavy atom.